The van der Waals surface area contributed by atoms with Gasteiger partial charge in [-0.05, 0) is 43.4 Å². The third kappa shape index (κ3) is 2.91. The number of benzene rings is 1. The van der Waals surface area contributed by atoms with Crippen molar-refractivity contribution < 1.29 is 4.79 Å². The number of hydrogen-bond donors (Lipinski definition) is 2. The predicted molar refractivity (Wildman–Crippen MR) is 81.8 cm³/mol. The van der Waals surface area contributed by atoms with E-state index in [1.165, 1.54) is 25.8 Å². The zero-order chi connectivity index (χ0) is 14.1. The van der Waals surface area contributed by atoms with Gasteiger partial charge in [-0.2, -0.15) is 0 Å². The quantitative estimate of drug-likeness (QED) is 0.839. The van der Waals surface area contributed by atoms with Gasteiger partial charge in [0.25, 0.3) is 0 Å². The van der Waals surface area contributed by atoms with Crippen LogP contribution in [-0.4, -0.2) is 29.9 Å². The van der Waals surface area contributed by atoms with Crippen molar-refractivity contribution in [2.75, 3.05) is 24.1 Å². The molecule has 1 saturated carbocycles. The molecule has 0 aromatic heterocycles. The van der Waals surface area contributed by atoms with E-state index in [9.17, 15) is 4.79 Å². The van der Waals surface area contributed by atoms with Crippen molar-refractivity contribution in [2.24, 2.45) is 5.92 Å². The van der Waals surface area contributed by atoms with Crippen molar-refractivity contribution >= 4 is 28.9 Å². The fraction of sp³-hybridized carbons (Fsp3) is 0.533. The van der Waals surface area contributed by atoms with Gasteiger partial charge < -0.3 is 11.1 Å². The zero-order valence-electron chi connectivity index (χ0n) is 11.4. The van der Waals surface area contributed by atoms with Crippen LogP contribution in [0, 0.1) is 5.92 Å². The third-order valence-electron chi connectivity index (χ3n) is 4.42. The summed E-state index contributed by atoms with van der Waals surface area (Å²) in [6.45, 7) is 2.01. The molecule has 1 aliphatic carbocycles. The first-order valence-corrected chi connectivity index (χ1v) is 7.58. The second kappa shape index (κ2) is 5.62. The van der Waals surface area contributed by atoms with E-state index in [0.29, 0.717) is 28.9 Å². The van der Waals surface area contributed by atoms with E-state index in [-0.39, 0.29) is 5.91 Å². The smallest absolute Gasteiger partial charge is 0.225 e. The van der Waals surface area contributed by atoms with Gasteiger partial charge in [0.1, 0.15) is 0 Å². The number of nitrogen functional groups attached to an aromatic ring is 1. The molecular weight excluding hydrogens is 274 g/mol. The average Bonchev–Trinajstić information content (AvgIpc) is 3.02. The van der Waals surface area contributed by atoms with Crippen LogP contribution >= 0.6 is 11.6 Å². The van der Waals surface area contributed by atoms with Crippen molar-refractivity contribution in [3.05, 3.63) is 23.2 Å². The highest BCUT2D eigenvalue weighted by Crippen LogP contribution is 2.37. The number of carbonyl (C=O) groups excluding carboxylic acids is 1. The van der Waals surface area contributed by atoms with Crippen LogP contribution in [-0.2, 0) is 4.79 Å². The molecule has 2 aliphatic rings. The Labute approximate surface area is 124 Å². The minimum atomic E-state index is 0.0134. The molecule has 3 rings (SSSR count). The molecule has 1 heterocycles. The van der Waals surface area contributed by atoms with Gasteiger partial charge in [-0.1, -0.05) is 11.6 Å². The monoisotopic (exact) mass is 293 g/mol. The van der Waals surface area contributed by atoms with Gasteiger partial charge in [0.2, 0.25) is 5.91 Å². The molecule has 1 aromatic carbocycles. The Morgan fingerprint density at radius 2 is 2.30 bits per heavy atom. The molecule has 1 saturated heterocycles. The van der Waals surface area contributed by atoms with Crippen LogP contribution < -0.4 is 11.1 Å². The Morgan fingerprint density at radius 1 is 1.45 bits per heavy atom. The SMILES string of the molecule is Nc1ccc(NC(=O)CCN2CC3CCC2C3)c(Cl)c1. The van der Waals surface area contributed by atoms with Gasteiger partial charge in [0, 0.05) is 31.2 Å². The predicted octanol–water partition coefficient (Wildman–Crippen LogP) is 2.74. The molecule has 0 spiro atoms. The molecule has 2 atom stereocenters. The Balaban J connectivity index is 1.50. The van der Waals surface area contributed by atoms with E-state index in [1.807, 2.05) is 0 Å². The molecule has 3 N–H and O–H groups in total. The van der Waals surface area contributed by atoms with E-state index in [0.717, 1.165) is 12.5 Å². The number of piperidine rings is 1. The number of fused-ring (bicyclic) bond motifs is 2. The standard InChI is InChI=1S/C15H20ClN3O/c16-13-8-11(17)2-4-14(13)18-15(20)5-6-19-9-10-1-3-12(19)7-10/h2,4,8,10,12H,1,3,5-7,9,17H2,(H,18,20). The Bertz CT molecular complexity index is 520. The molecular formula is C15H20ClN3O. The number of nitrogens with one attached hydrogen (secondary N) is 1. The summed E-state index contributed by atoms with van der Waals surface area (Å²) in [4.78, 5) is 14.4. The van der Waals surface area contributed by atoms with E-state index in [2.05, 4.69) is 10.2 Å². The lowest BCUT2D eigenvalue weighted by Crippen LogP contribution is -2.34. The summed E-state index contributed by atoms with van der Waals surface area (Å²) < 4.78 is 0. The maximum Gasteiger partial charge on any atom is 0.225 e. The minimum absolute atomic E-state index is 0.0134. The van der Waals surface area contributed by atoms with Crippen LogP contribution in [0.5, 0.6) is 0 Å². The summed E-state index contributed by atoms with van der Waals surface area (Å²) in [5, 5.41) is 3.34. The minimum Gasteiger partial charge on any atom is -0.399 e. The zero-order valence-corrected chi connectivity index (χ0v) is 12.2. The maximum absolute atomic E-state index is 12.0. The van der Waals surface area contributed by atoms with Gasteiger partial charge in [-0.15, -0.1) is 0 Å². The lowest BCUT2D eigenvalue weighted by Gasteiger charge is -2.26. The molecule has 1 amide bonds. The highest BCUT2D eigenvalue weighted by molar-refractivity contribution is 6.34. The van der Waals surface area contributed by atoms with Gasteiger partial charge in [0.15, 0.2) is 0 Å². The van der Waals surface area contributed by atoms with Gasteiger partial charge in [-0.25, -0.2) is 0 Å². The number of halogens is 1. The molecule has 4 nitrogen and oxygen atoms in total. The van der Waals surface area contributed by atoms with E-state index in [1.54, 1.807) is 18.2 Å². The van der Waals surface area contributed by atoms with Crippen LogP contribution in [0.2, 0.25) is 5.02 Å². The molecule has 0 radical (unpaired) electrons. The second-order valence-electron chi connectivity index (χ2n) is 5.87. The first-order chi connectivity index (χ1) is 9.61. The maximum atomic E-state index is 12.0. The van der Waals surface area contributed by atoms with E-state index >= 15 is 0 Å². The fourth-order valence-corrected chi connectivity index (χ4v) is 3.63. The number of rotatable bonds is 4. The van der Waals surface area contributed by atoms with Crippen LogP contribution in [0.1, 0.15) is 25.7 Å². The topological polar surface area (TPSA) is 58.4 Å². The van der Waals surface area contributed by atoms with Crippen LogP contribution in [0.25, 0.3) is 0 Å². The number of likely N-dealkylation sites (tertiary alicyclic amines) is 1. The number of amides is 1. The van der Waals surface area contributed by atoms with Crippen LogP contribution in [0.3, 0.4) is 0 Å². The van der Waals surface area contributed by atoms with Crippen molar-refractivity contribution in [2.45, 2.75) is 31.7 Å². The lowest BCUT2D eigenvalue weighted by molar-refractivity contribution is -0.116. The Kier molecular flexibility index (Phi) is 3.85. The highest BCUT2D eigenvalue weighted by Gasteiger charge is 2.37. The van der Waals surface area contributed by atoms with Crippen molar-refractivity contribution in [1.82, 2.24) is 4.90 Å². The summed E-state index contributed by atoms with van der Waals surface area (Å²) in [5.74, 6) is 0.883. The van der Waals surface area contributed by atoms with Crippen molar-refractivity contribution in [1.29, 1.82) is 0 Å². The first-order valence-electron chi connectivity index (χ1n) is 7.21. The van der Waals surface area contributed by atoms with E-state index in [4.69, 9.17) is 17.3 Å². The van der Waals surface area contributed by atoms with Crippen LogP contribution in [0.4, 0.5) is 11.4 Å². The molecule has 1 aliphatic heterocycles. The number of nitrogens with zero attached hydrogens (tertiary/aromatic N) is 1. The summed E-state index contributed by atoms with van der Waals surface area (Å²) in [6.07, 6.45) is 4.51. The normalized spacial score (nSPS) is 25.1. The number of nitrogens with two attached hydrogens (primary N) is 1. The van der Waals surface area contributed by atoms with Gasteiger partial charge in [-0.3, -0.25) is 9.69 Å². The molecule has 20 heavy (non-hydrogen) atoms. The van der Waals surface area contributed by atoms with Crippen molar-refractivity contribution in [3.8, 4) is 0 Å². The Hall–Kier alpha value is -1.26. The van der Waals surface area contributed by atoms with Crippen LogP contribution in [0.15, 0.2) is 18.2 Å². The fourth-order valence-electron chi connectivity index (χ4n) is 3.39. The molecule has 1 aromatic rings. The largest absolute Gasteiger partial charge is 0.399 e. The summed E-state index contributed by atoms with van der Waals surface area (Å²) in [7, 11) is 0. The summed E-state index contributed by atoms with van der Waals surface area (Å²) in [5.41, 5.74) is 6.86. The molecule has 2 fully saturated rings. The highest BCUT2D eigenvalue weighted by atomic mass is 35.5. The number of anilines is 2. The summed E-state index contributed by atoms with van der Waals surface area (Å²) in [6, 6.07) is 5.85. The summed E-state index contributed by atoms with van der Waals surface area (Å²) >= 11 is 6.05. The third-order valence-corrected chi connectivity index (χ3v) is 4.73. The first kappa shape index (κ1) is 13.7. The lowest BCUT2D eigenvalue weighted by atomic mass is 10.1. The molecule has 108 valence electrons. The number of hydrogen-bond acceptors (Lipinski definition) is 3. The van der Waals surface area contributed by atoms with E-state index < -0.39 is 0 Å². The molecule has 5 heteroatoms. The van der Waals surface area contributed by atoms with Crippen molar-refractivity contribution in [3.63, 3.8) is 0 Å². The number of carbonyl (C=O) groups is 1. The van der Waals surface area contributed by atoms with Gasteiger partial charge >= 0.3 is 0 Å². The van der Waals surface area contributed by atoms with Gasteiger partial charge in [0.05, 0.1) is 10.7 Å². The second-order valence-corrected chi connectivity index (χ2v) is 6.27. The Morgan fingerprint density at radius 3 is 2.95 bits per heavy atom. The molecule has 2 unspecified atom stereocenters. The molecule has 2 bridgehead atoms. The average molecular weight is 294 g/mol.